The maximum atomic E-state index is 11.4. The second kappa shape index (κ2) is 9.14. The first-order chi connectivity index (χ1) is 9.18. The largest absolute Gasteiger partial charge is 0.445 e. The van der Waals surface area contributed by atoms with Crippen molar-refractivity contribution in [2.45, 2.75) is 39.2 Å². The maximum Gasteiger partial charge on any atom is 0.407 e. The minimum atomic E-state index is -0.393. The number of unbranched alkanes of at least 4 members (excludes halogenated alkanes) is 2. The zero-order chi connectivity index (χ0) is 13.9. The molecule has 0 aliphatic carbocycles. The van der Waals surface area contributed by atoms with E-state index in [0.29, 0.717) is 13.0 Å². The topological polar surface area (TPSA) is 55.4 Å². The van der Waals surface area contributed by atoms with E-state index in [9.17, 15) is 9.59 Å². The Balaban J connectivity index is 2.01. The molecular formula is C15H21NO3. The predicted octanol–water partition coefficient (Wildman–Crippen LogP) is 3.06. The van der Waals surface area contributed by atoms with E-state index in [1.165, 1.54) is 0 Å². The van der Waals surface area contributed by atoms with Gasteiger partial charge in [0.25, 0.3) is 0 Å². The second-order valence-electron chi connectivity index (χ2n) is 4.50. The number of carbonyl (C=O) groups is 2. The van der Waals surface area contributed by atoms with Crippen LogP contribution in [-0.2, 0) is 16.1 Å². The monoisotopic (exact) mass is 263 g/mol. The van der Waals surface area contributed by atoms with E-state index >= 15 is 0 Å². The van der Waals surface area contributed by atoms with E-state index in [1.54, 1.807) is 6.92 Å². The molecule has 1 aromatic rings. The van der Waals surface area contributed by atoms with Crippen LogP contribution in [0.4, 0.5) is 4.79 Å². The molecule has 4 heteroatoms. The van der Waals surface area contributed by atoms with Gasteiger partial charge in [0.1, 0.15) is 12.4 Å². The number of ketones is 1. The number of hydrogen-bond acceptors (Lipinski definition) is 3. The van der Waals surface area contributed by atoms with E-state index in [1.807, 2.05) is 30.3 Å². The fourth-order valence-electron chi connectivity index (χ4n) is 1.64. The van der Waals surface area contributed by atoms with Gasteiger partial charge in [-0.15, -0.1) is 0 Å². The highest BCUT2D eigenvalue weighted by molar-refractivity contribution is 5.75. The second-order valence-corrected chi connectivity index (χ2v) is 4.50. The smallest absolute Gasteiger partial charge is 0.407 e. The summed E-state index contributed by atoms with van der Waals surface area (Å²) in [5, 5.41) is 2.69. The fourth-order valence-corrected chi connectivity index (χ4v) is 1.64. The van der Waals surface area contributed by atoms with Crippen LogP contribution in [0.25, 0.3) is 0 Å². The Morgan fingerprint density at radius 2 is 1.84 bits per heavy atom. The average Bonchev–Trinajstić information content (AvgIpc) is 2.41. The molecule has 0 saturated carbocycles. The molecule has 4 nitrogen and oxygen atoms in total. The molecule has 19 heavy (non-hydrogen) atoms. The molecule has 1 N–H and O–H groups in total. The molecule has 0 spiro atoms. The van der Waals surface area contributed by atoms with Crippen molar-refractivity contribution in [3.63, 3.8) is 0 Å². The van der Waals surface area contributed by atoms with Gasteiger partial charge in [-0.25, -0.2) is 4.79 Å². The van der Waals surface area contributed by atoms with E-state index < -0.39 is 6.09 Å². The van der Waals surface area contributed by atoms with Crippen molar-refractivity contribution >= 4 is 11.9 Å². The van der Waals surface area contributed by atoms with Gasteiger partial charge in [-0.2, -0.15) is 0 Å². The summed E-state index contributed by atoms with van der Waals surface area (Å²) in [4.78, 5) is 22.1. The standard InChI is InChI=1S/C15H21NO3/c1-13(17)8-4-3-7-11-16-15(18)19-12-14-9-5-2-6-10-14/h2,5-6,9-10H,3-4,7-8,11-12H2,1H3,(H,16,18). The summed E-state index contributed by atoms with van der Waals surface area (Å²) >= 11 is 0. The highest BCUT2D eigenvalue weighted by Gasteiger charge is 2.01. The zero-order valence-corrected chi connectivity index (χ0v) is 11.4. The third-order valence-electron chi connectivity index (χ3n) is 2.69. The fraction of sp³-hybridized carbons (Fsp3) is 0.467. The normalized spacial score (nSPS) is 9.95. The minimum Gasteiger partial charge on any atom is -0.445 e. The van der Waals surface area contributed by atoms with Gasteiger partial charge in [0.15, 0.2) is 0 Å². The number of hydrogen-bond donors (Lipinski definition) is 1. The molecule has 0 radical (unpaired) electrons. The Bertz CT molecular complexity index is 390. The summed E-state index contributed by atoms with van der Waals surface area (Å²) in [6, 6.07) is 9.56. The van der Waals surface area contributed by atoms with Gasteiger partial charge in [-0.3, -0.25) is 0 Å². The van der Waals surface area contributed by atoms with Crippen molar-refractivity contribution in [1.29, 1.82) is 0 Å². The third kappa shape index (κ3) is 7.97. The number of nitrogens with one attached hydrogen (secondary N) is 1. The van der Waals surface area contributed by atoms with Gasteiger partial charge in [0.05, 0.1) is 0 Å². The van der Waals surface area contributed by atoms with Crippen LogP contribution in [-0.4, -0.2) is 18.4 Å². The molecule has 1 amide bonds. The Labute approximate surface area is 114 Å². The van der Waals surface area contributed by atoms with Crippen molar-refractivity contribution in [2.24, 2.45) is 0 Å². The molecule has 0 aromatic heterocycles. The minimum absolute atomic E-state index is 0.218. The first-order valence-electron chi connectivity index (χ1n) is 6.62. The van der Waals surface area contributed by atoms with Gasteiger partial charge in [-0.1, -0.05) is 36.8 Å². The van der Waals surface area contributed by atoms with Gasteiger partial charge in [-0.05, 0) is 25.3 Å². The lowest BCUT2D eigenvalue weighted by molar-refractivity contribution is -0.117. The lowest BCUT2D eigenvalue weighted by Crippen LogP contribution is -2.25. The van der Waals surface area contributed by atoms with Crippen molar-refractivity contribution < 1.29 is 14.3 Å². The molecule has 0 fully saturated rings. The molecule has 0 heterocycles. The maximum absolute atomic E-state index is 11.4. The van der Waals surface area contributed by atoms with Crippen LogP contribution in [0.2, 0.25) is 0 Å². The van der Waals surface area contributed by atoms with Crippen LogP contribution >= 0.6 is 0 Å². The molecule has 0 aliphatic rings. The van der Waals surface area contributed by atoms with Crippen molar-refractivity contribution in [2.75, 3.05) is 6.54 Å². The van der Waals surface area contributed by atoms with Crippen LogP contribution in [0.1, 0.15) is 38.2 Å². The Hall–Kier alpha value is -1.84. The number of alkyl carbamates (subject to hydrolysis) is 1. The molecule has 104 valence electrons. The number of amides is 1. The molecule has 1 rings (SSSR count). The zero-order valence-electron chi connectivity index (χ0n) is 11.4. The summed E-state index contributed by atoms with van der Waals surface area (Å²) in [6.45, 7) is 2.47. The quantitative estimate of drug-likeness (QED) is 0.733. The van der Waals surface area contributed by atoms with Crippen LogP contribution in [0, 0.1) is 0 Å². The predicted molar refractivity (Wildman–Crippen MR) is 73.8 cm³/mol. The van der Waals surface area contributed by atoms with Gasteiger partial charge in [0.2, 0.25) is 0 Å². The lowest BCUT2D eigenvalue weighted by Gasteiger charge is -2.06. The van der Waals surface area contributed by atoms with Crippen LogP contribution in [0.5, 0.6) is 0 Å². The number of rotatable bonds is 8. The van der Waals surface area contributed by atoms with Crippen LogP contribution in [0.15, 0.2) is 30.3 Å². The molecule has 0 bridgehead atoms. The summed E-state index contributed by atoms with van der Waals surface area (Å²) in [5.74, 6) is 0.218. The highest BCUT2D eigenvalue weighted by atomic mass is 16.5. The van der Waals surface area contributed by atoms with E-state index in [0.717, 1.165) is 24.8 Å². The van der Waals surface area contributed by atoms with Crippen molar-refractivity contribution in [3.05, 3.63) is 35.9 Å². The number of carbonyl (C=O) groups excluding carboxylic acids is 2. The molecule has 0 saturated heterocycles. The lowest BCUT2D eigenvalue weighted by atomic mass is 10.1. The van der Waals surface area contributed by atoms with Crippen LogP contribution in [0.3, 0.4) is 0 Å². The number of Topliss-reactive ketones (excluding diaryl/α,β-unsaturated/α-hetero) is 1. The highest BCUT2D eigenvalue weighted by Crippen LogP contribution is 2.01. The van der Waals surface area contributed by atoms with Gasteiger partial charge < -0.3 is 14.8 Å². The summed E-state index contributed by atoms with van der Waals surface area (Å²) < 4.78 is 5.07. The van der Waals surface area contributed by atoms with E-state index in [-0.39, 0.29) is 12.4 Å². The van der Waals surface area contributed by atoms with Crippen LogP contribution < -0.4 is 5.32 Å². The molecule has 0 aliphatic heterocycles. The molecule has 1 aromatic carbocycles. The summed E-state index contributed by atoms with van der Waals surface area (Å²) in [7, 11) is 0. The van der Waals surface area contributed by atoms with E-state index in [4.69, 9.17) is 4.74 Å². The Morgan fingerprint density at radius 3 is 2.53 bits per heavy atom. The Kier molecular flexibility index (Phi) is 7.32. The summed E-state index contributed by atoms with van der Waals surface area (Å²) in [5.41, 5.74) is 0.971. The SMILES string of the molecule is CC(=O)CCCCCNC(=O)OCc1ccccc1. The van der Waals surface area contributed by atoms with Gasteiger partial charge in [0, 0.05) is 13.0 Å². The van der Waals surface area contributed by atoms with Crippen molar-refractivity contribution in [3.8, 4) is 0 Å². The Morgan fingerprint density at radius 1 is 1.11 bits per heavy atom. The molecule has 0 unspecified atom stereocenters. The number of benzene rings is 1. The first-order valence-corrected chi connectivity index (χ1v) is 6.62. The number of ether oxygens (including phenoxy) is 1. The third-order valence-corrected chi connectivity index (χ3v) is 2.69. The molecular weight excluding hydrogens is 242 g/mol. The van der Waals surface area contributed by atoms with Crippen molar-refractivity contribution in [1.82, 2.24) is 5.32 Å². The average molecular weight is 263 g/mol. The first kappa shape index (κ1) is 15.2. The van der Waals surface area contributed by atoms with Gasteiger partial charge >= 0.3 is 6.09 Å². The summed E-state index contributed by atoms with van der Waals surface area (Å²) in [6.07, 6.45) is 2.93. The van der Waals surface area contributed by atoms with E-state index in [2.05, 4.69) is 5.32 Å². The molecule has 0 atom stereocenters.